The molecule has 0 fully saturated rings. The molecule has 0 aliphatic heterocycles. The molecule has 1 amide bonds. The topological polar surface area (TPSA) is 93.0 Å². The molecular weight excluding hydrogens is 560 g/mol. The molecule has 0 radical (unpaired) electrons. The number of nitrogens with zero attached hydrogens (tertiary/aromatic N) is 3. The van der Waals surface area contributed by atoms with Crippen LogP contribution in [0.3, 0.4) is 0 Å². The van der Waals surface area contributed by atoms with Crippen LogP contribution in [0.1, 0.15) is 35.0 Å². The second-order valence-electron chi connectivity index (χ2n) is 9.69. The van der Waals surface area contributed by atoms with Gasteiger partial charge in [-0.1, -0.05) is 17.7 Å². The van der Waals surface area contributed by atoms with Gasteiger partial charge in [-0.15, -0.1) is 0 Å². The lowest BCUT2D eigenvalue weighted by atomic mass is 10.1. The van der Waals surface area contributed by atoms with E-state index in [4.69, 9.17) is 16.3 Å². The van der Waals surface area contributed by atoms with Crippen molar-refractivity contribution in [1.82, 2.24) is 9.99 Å². The minimum atomic E-state index is -4.10. The van der Waals surface area contributed by atoms with Gasteiger partial charge in [0.2, 0.25) is 0 Å². The van der Waals surface area contributed by atoms with Gasteiger partial charge >= 0.3 is 0 Å². The van der Waals surface area contributed by atoms with Gasteiger partial charge in [-0.3, -0.25) is 9.10 Å². The molecule has 214 valence electrons. The fraction of sp³-hybridized carbons (Fsp3) is 0.226. The van der Waals surface area contributed by atoms with E-state index in [0.717, 1.165) is 26.9 Å². The highest BCUT2D eigenvalue weighted by Gasteiger charge is 2.27. The minimum Gasteiger partial charge on any atom is -0.494 e. The summed E-state index contributed by atoms with van der Waals surface area (Å²) in [5.74, 6) is -0.0108. The van der Waals surface area contributed by atoms with Crippen LogP contribution in [-0.2, 0) is 14.8 Å². The number of sulfonamides is 1. The van der Waals surface area contributed by atoms with Crippen LogP contribution >= 0.6 is 11.6 Å². The van der Waals surface area contributed by atoms with Crippen LogP contribution in [0.4, 0.5) is 5.69 Å². The summed E-state index contributed by atoms with van der Waals surface area (Å²) in [6, 6.07) is 20.6. The van der Waals surface area contributed by atoms with Gasteiger partial charge in [-0.2, -0.15) is 5.10 Å². The Kier molecular flexibility index (Phi) is 9.20. The Morgan fingerprint density at radius 2 is 1.61 bits per heavy atom. The van der Waals surface area contributed by atoms with Gasteiger partial charge < -0.3 is 9.30 Å². The molecule has 0 aliphatic carbocycles. The number of hydrogen-bond acceptors (Lipinski definition) is 5. The monoisotopic (exact) mass is 592 g/mol. The molecule has 0 unspecified atom stereocenters. The number of carbonyl (C=O) groups excluding carboxylic acids is 1. The lowest BCUT2D eigenvalue weighted by molar-refractivity contribution is -0.119. The highest BCUT2D eigenvalue weighted by molar-refractivity contribution is 7.92. The number of halogens is 1. The third-order valence-corrected chi connectivity index (χ3v) is 8.49. The van der Waals surface area contributed by atoms with Crippen molar-refractivity contribution in [3.05, 3.63) is 106 Å². The van der Waals surface area contributed by atoms with Gasteiger partial charge in [0.05, 0.1) is 23.4 Å². The number of amides is 1. The third-order valence-electron chi connectivity index (χ3n) is 6.45. The molecule has 1 aromatic heterocycles. The van der Waals surface area contributed by atoms with Crippen molar-refractivity contribution in [2.45, 2.75) is 39.5 Å². The summed E-state index contributed by atoms with van der Waals surface area (Å²) in [5, 5.41) is 4.54. The lowest BCUT2D eigenvalue weighted by Crippen LogP contribution is -2.39. The first-order valence-corrected chi connectivity index (χ1v) is 14.9. The van der Waals surface area contributed by atoms with E-state index in [1.54, 1.807) is 30.5 Å². The van der Waals surface area contributed by atoms with E-state index in [2.05, 4.69) is 47.1 Å². The van der Waals surface area contributed by atoms with E-state index in [1.165, 1.54) is 35.4 Å². The predicted molar refractivity (Wildman–Crippen MR) is 164 cm³/mol. The first kappa shape index (κ1) is 29.9. The first-order valence-electron chi connectivity index (χ1n) is 13.1. The Bertz CT molecular complexity index is 1660. The first-order chi connectivity index (χ1) is 19.5. The molecule has 0 bridgehead atoms. The summed E-state index contributed by atoms with van der Waals surface area (Å²) >= 11 is 5.96. The van der Waals surface area contributed by atoms with Crippen molar-refractivity contribution in [2.24, 2.45) is 5.10 Å². The Morgan fingerprint density at radius 1 is 0.976 bits per heavy atom. The molecule has 4 aromatic rings. The van der Waals surface area contributed by atoms with Crippen LogP contribution in [0, 0.1) is 27.7 Å². The lowest BCUT2D eigenvalue weighted by Gasteiger charge is -2.24. The fourth-order valence-electron chi connectivity index (χ4n) is 4.66. The number of aryl methyl sites for hydroxylation is 3. The summed E-state index contributed by atoms with van der Waals surface area (Å²) in [5.41, 5.74) is 9.00. The minimum absolute atomic E-state index is 0.00547. The van der Waals surface area contributed by atoms with Crippen molar-refractivity contribution in [2.75, 3.05) is 17.5 Å². The molecule has 0 atom stereocenters. The fourth-order valence-corrected chi connectivity index (χ4v) is 6.21. The maximum atomic E-state index is 13.6. The SMILES string of the molecule is CCOc1ccc(N(CC(=O)N/N=C\c2cc(C)n(-c3cc(C)cc(C)c3)c2C)S(=O)(=O)c2ccc(Cl)cc2)cc1. The van der Waals surface area contributed by atoms with Crippen LogP contribution < -0.4 is 14.5 Å². The van der Waals surface area contributed by atoms with Crippen molar-refractivity contribution in [3.63, 3.8) is 0 Å². The molecule has 0 saturated carbocycles. The van der Waals surface area contributed by atoms with Gasteiger partial charge in [0.1, 0.15) is 12.3 Å². The van der Waals surface area contributed by atoms with Gasteiger partial charge in [0.25, 0.3) is 15.9 Å². The predicted octanol–water partition coefficient (Wildman–Crippen LogP) is 6.11. The molecule has 4 rings (SSSR count). The average molecular weight is 593 g/mol. The Hall–Kier alpha value is -4.08. The van der Waals surface area contributed by atoms with E-state index < -0.39 is 22.5 Å². The Morgan fingerprint density at radius 3 is 2.22 bits per heavy atom. The number of carbonyl (C=O) groups is 1. The van der Waals surface area contributed by atoms with Crippen molar-refractivity contribution < 1.29 is 17.9 Å². The summed E-state index contributed by atoms with van der Waals surface area (Å²) in [7, 11) is -4.10. The van der Waals surface area contributed by atoms with Crippen molar-refractivity contribution in [3.8, 4) is 11.4 Å². The summed E-state index contributed by atoms with van der Waals surface area (Å²) in [4.78, 5) is 13.0. The van der Waals surface area contributed by atoms with Crippen LogP contribution in [0.5, 0.6) is 5.75 Å². The van der Waals surface area contributed by atoms with E-state index in [0.29, 0.717) is 23.1 Å². The smallest absolute Gasteiger partial charge is 0.264 e. The molecule has 3 aromatic carbocycles. The molecule has 0 aliphatic rings. The molecule has 0 spiro atoms. The molecule has 41 heavy (non-hydrogen) atoms. The van der Waals surface area contributed by atoms with Crippen LogP contribution in [0.25, 0.3) is 5.69 Å². The molecular formula is C31H33ClN4O4S. The Labute approximate surface area is 246 Å². The third kappa shape index (κ3) is 6.99. The number of hydrazone groups is 1. The van der Waals surface area contributed by atoms with Gasteiger partial charge in [-0.25, -0.2) is 13.8 Å². The molecule has 1 heterocycles. The zero-order valence-corrected chi connectivity index (χ0v) is 25.3. The zero-order valence-electron chi connectivity index (χ0n) is 23.7. The second kappa shape index (κ2) is 12.6. The molecule has 8 nitrogen and oxygen atoms in total. The number of ether oxygens (including phenoxy) is 1. The van der Waals surface area contributed by atoms with E-state index in [-0.39, 0.29) is 4.90 Å². The average Bonchev–Trinajstić information content (AvgIpc) is 3.20. The van der Waals surface area contributed by atoms with Crippen LogP contribution in [-0.4, -0.2) is 38.3 Å². The van der Waals surface area contributed by atoms with E-state index in [9.17, 15) is 13.2 Å². The van der Waals surface area contributed by atoms with E-state index >= 15 is 0 Å². The van der Waals surface area contributed by atoms with E-state index in [1.807, 2.05) is 26.8 Å². The number of anilines is 1. The normalized spacial score (nSPS) is 11.6. The number of hydrogen-bond donors (Lipinski definition) is 1. The second-order valence-corrected chi connectivity index (χ2v) is 12.0. The van der Waals surface area contributed by atoms with Crippen molar-refractivity contribution >= 4 is 39.4 Å². The Balaban J connectivity index is 1.56. The quantitative estimate of drug-likeness (QED) is 0.178. The maximum absolute atomic E-state index is 13.6. The van der Waals surface area contributed by atoms with Gasteiger partial charge in [0, 0.05) is 27.7 Å². The number of benzene rings is 3. The molecule has 1 N–H and O–H groups in total. The number of nitrogens with one attached hydrogen (secondary N) is 1. The van der Waals surface area contributed by atoms with Crippen molar-refractivity contribution in [1.29, 1.82) is 0 Å². The highest BCUT2D eigenvalue weighted by Crippen LogP contribution is 2.27. The highest BCUT2D eigenvalue weighted by atomic mass is 35.5. The zero-order chi connectivity index (χ0) is 29.7. The standard InChI is InChI=1S/C31H33ClN4O4S/c1-6-40-29-11-9-27(10-12-29)35(41(38,39)30-13-7-26(32)8-14-30)20-31(37)34-33-19-25-18-23(4)36(24(25)5)28-16-21(2)15-22(3)17-28/h7-19H,6,20H2,1-5H3,(H,34,37)/b33-19-. The van der Waals surface area contributed by atoms with Crippen LogP contribution in [0.2, 0.25) is 5.02 Å². The largest absolute Gasteiger partial charge is 0.494 e. The molecule has 10 heteroatoms. The molecule has 0 saturated heterocycles. The summed E-state index contributed by atoms with van der Waals surface area (Å²) < 4.78 is 35.8. The maximum Gasteiger partial charge on any atom is 0.264 e. The van der Waals surface area contributed by atoms with Crippen LogP contribution in [0.15, 0.2) is 82.8 Å². The number of rotatable bonds is 10. The van der Waals surface area contributed by atoms with Gasteiger partial charge in [-0.05, 0) is 112 Å². The van der Waals surface area contributed by atoms with Gasteiger partial charge in [0.15, 0.2) is 0 Å². The summed E-state index contributed by atoms with van der Waals surface area (Å²) in [6.45, 7) is 9.96. The number of aromatic nitrogens is 1. The summed E-state index contributed by atoms with van der Waals surface area (Å²) in [6.07, 6.45) is 1.56.